The van der Waals surface area contributed by atoms with E-state index < -0.39 is 0 Å². The molecule has 2 aromatic rings. The summed E-state index contributed by atoms with van der Waals surface area (Å²) in [6.07, 6.45) is 4.56. The zero-order chi connectivity index (χ0) is 18.9. The number of hydrogen-bond acceptors (Lipinski definition) is 4. The minimum Gasteiger partial charge on any atom is -0.493 e. The number of carbonyl (C=O) groups excluding carboxylic acids is 1. The quantitative estimate of drug-likeness (QED) is 0.883. The Kier molecular flexibility index (Phi) is 4.69. The van der Waals surface area contributed by atoms with Crippen molar-refractivity contribution in [2.45, 2.75) is 31.8 Å². The third-order valence-electron chi connectivity index (χ3n) is 6.01. The molecule has 1 N–H and O–H groups in total. The van der Waals surface area contributed by atoms with Crippen molar-refractivity contribution in [3.8, 4) is 11.5 Å². The predicted molar refractivity (Wildman–Crippen MR) is 108 cm³/mol. The lowest BCUT2D eigenvalue weighted by molar-refractivity contribution is -0.117. The van der Waals surface area contributed by atoms with E-state index >= 15 is 0 Å². The van der Waals surface area contributed by atoms with Crippen molar-refractivity contribution in [2.75, 3.05) is 31.6 Å². The lowest BCUT2D eigenvalue weighted by Gasteiger charge is -2.38. The maximum Gasteiger partial charge on any atom is 0.238 e. The van der Waals surface area contributed by atoms with Crippen LogP contribution in [0.4, 0.5) is 5.69 Å². The molecule has 0 aromatic heterocycles. The van der Waals surface area contributed by atoms with E-state index in [2.05, 4.69) is 22.3 Å². The van der Waals surface area contributed by atoms with E-state index in [0.717, 1.165) is 42.3 Å². The van der Waals surface area contributed by atoms with Gasteiger partial charge in [-0.2, -0.15) is 0 Å². The number of ether oxygens (including phenoxy) is 2. The minimum atomic E-state index is -0.0300. The van der Waals surface area contributed by atoms with Crippen molar-refractivity contribution in [2.24, 2.45) is 5.92 Å². The minimum absolute atomic E-state index is 0.0300. The molecule has 0 unspecified atom stereocenters. The average molecular weight is 378 g/mol. The zero-order valence-corrected chi connectivity index (χ0v) is 16.0. The van der Waals surface area contributed by atoms with Gasteiger partial charge in [-0.15, -0.1) is 0 Å². The van der Waals surface area contributed by atoms with E-state index in [1.165, 1.54) is 24.8 Å². The first-order valence-corrected chi connectivity index (χ1v) is 10.3. The summed E-state index contributed by atoms with van der Waals surface area (Å²) in [6.45, 7) is 3.15. The molecule has 2 aromatic carbocycles. The second kappa shape index (κ2) is 7.47. The largest absolute Gasteiger partial charge is 0.493 e. The molecule has 2 atom stereocenters. The first kappa shape index (κ1) is 17.6. The molecule has 0 spiro atoms. The molecule has 5 rings (SSSR count). The molecular formula is C23H26N2O3. The first-order valence-electron chi connectivity index (χ1n) is 10.3. The number of carbonyl (C=O) groups is 1. The fraction of sp³-hybridized carbons (Fsp3) is 0.435. The van der Waals surface area contributed by atoms with Crippen molar-refractivity contribution in [3.05, 3.63) is 53.6 Å². The summed E-state index contributed by atoms with van der Waals surface area (Å²) in [5, 5.41) is 3.06. The maximum atomic E-state index is 12.5. The topological polar surface area (TPSA) is 50.8 Å². The summed E-state index contributed by atoms with van der Waals surface area (Å²) in [7, 11) is 0. The molecule has 5 nitrogen and oxygen atoms in total. The van der Waals surface area contributed by atoms with Gasteiger partial charge in [0.05, 0.1) is 13.2 Å². The van der Waals surface area contributed by atoms with E-state index in [1.807, 2.05) is 30.3 Å². The molecule has 3 aliphatic rings. The van der Waals surface area contributed by atoms with Crippen LogP contribution in [0.3, 0.4) is 0 Å². The SMILES string of the molecule is O=C(CN1CCCCC1)Nc1ccc2c(c1)[C@@H]1Oc3ccccc3C[C@H]1CO2. The molecule has 3 heterocycles. The number of fused-ring (bicyclic) bond motifs is 4. The maximum absolute atomic E-state index is 12.5. The van der Waals surface area contributed by atoms with E-state index in [9.17, 15) is 4.79 Å². The third kappa shape index (κ3) is 3.47. The molecule has 0 radical (unpaired) electrons. The summed E-state index contributed by atoms with van der Waals surface area (Å²) in [5.74, 6) is 2.15. The Bertz CT molecular complexity index is 876. The number of likely N-dealkylation sites (tertiary alicyclic amines) is 1. The third-order valence-corrected chi connectivity index (χ3v) is 6.01. The lowest BCUT2D eigenvalue weighted by Crippen LogP contribution is -2.37. The van der Waals surface area contributed by atoms with Gasteiger partial charge in [0, 0.05) is 17.2 Å². The van der Waals surface area contributed by atoms with E-state index in [0.29, 0.717) is 19.1 Å². The van der Waals surface area contributed by atoms with Gasteiger partial charge in [0.2, 0.25) is 5.91 Å². The molecule has 0 aliphatic carbocycles. The molecular weight excluding hydrogens is 352 g/mol. The Morgan fingerprint density at radius 2 is 1.93 bits per heavy atom. The molecule has 0 saturated carbocycles. The molecule has 146 valence electrons. The van der Waals surface area contributed by atoms with Crippen molar-refractivity contribution < 1.29 is 14.3 Å². The summed E-state index contributed by atoms with van der Waals surface area (Å²) in [4.78, 5) is 14.7. The van der Waals surface area contributed by atoms with Crippen LogP contribution in [0.1, 0.15) is 36.5 Å². The van der Waals surface area contributed by atoms with Crippen LogP contribution in [0, 0.1) is 5.92 Å². The van der Waals surface area contributed by atoms with Crippen molar-refractivity contribution in [3.63, 3.8) is 0 Å². The number of benzene rings is 2. The Balaban J connectivity index is 1.33. The Labute approximate surface area is 165 Å². The van der Waals surface area contributed by atoms with E-state index in [-0.39, 0.29) is 12.0 Å². The summed E-state index contributed by atoms with van der Waals surface area (Å²) < 4.78 is 12.3. The number of hydrogen-bond donors (Lipinski definition) is 1. The van der Waals surface area contributed by atoms with Crippen molar-refractivity contribution >= 4 is 11.6 Å². The zero-order valence-electron chi connectivity index (χ0n) is 16.0. The molecule has 28 heavy (non-hydrogen) atoms. The highest BCUT2D eigenvalue weighted by molar-refractivity contribution is 5.92. The van der Waals surface area contributed by atoms with Crippen LogP contribution >= 0.6 is 0 Å². The second-order valence-corrected chi connectivity index (χ2v) is 8.06. The number of piperidine rings is 1. The van der Waals surface area contributed by atoms with Crippen LogP contribution in [0.2, 0.25) is 0 Å². The fourth-order valence-corrected chi connectivity index (χ4v) is 4.57. The van der Waals surface area contributed by atoms with Gasteiger partial charge in [-0.25, -0.2) is 0 Å². The van der Waals surface area contributed by atoms with Crippen LogP contribution in [-0.2, 0) is 11.2 Å². The first-order chi connectivity index (χ1) is 13.8. The van der Waals surface area contributed by atoms with Crippen LogP contribution in [-0.4, -0.2) is 37.0 Å². The number of anilines is 1. The Hall–Kier alpha value is -2.53. The summed E-state index contributed by atoms with van der Waals surface area (Å²) >= 11 is 0. The molecule has 1 amide bonds. The van der Waals surface area contributed by atoms with Crippen molar-refractivity contribution in [1.29, 1.82) is 0 Å². The van der Waals surface area contributed by atoms with Gasteiger partial charge in [-0.1, -0.05) is 24.6 Å². The van der Waals surface area contributed by atoms with Crippen molar-refractivity contribution in [1.82, 2.24) is 4.90 Å². The van der Waals surface area contributed by atoms with Gasteiger partial charge >= 0.3 is 0 Å². The number of nitrogens with one attached hydrogen (secondary N) is 1. The summed E-state index contributed by atoms with van der Waals surface area (Å²) in [6, 6.07) is 14.1. The van der Waals surface area contributed by atoms with E-state index in [4.69, 9.17) is 9.47 Å². The molecule has 1 saturated heterocycles. The molecule has 5 heteroatoms. The van der Waals surface area contributed by atoms with E-state index in [1.54, 1.807) is 0 Å². The standard InChI is InChI=1S/C23H26N2O3/c26-22(14-25-10-4-1-5-11-25)24-18-8-9-21-19(13-18)23-17(15-27-21)12-16-6-2-3-7-20(16)28-23/h2-3,6-9,13,17,23H,1,4-5,10-12,14-15H2,(H,24,26)/t17-,23+/m0/s1. The smallest absolute Gasteiger partial charge is 0.238 e. The number of rotatable bonds is 3. The van der Waals surface area contributed by atoms with Gasteiger partial charge in [-0.3, -0.25) is 9.69 Å². The molecule has 1 fully saturated rings. The fourth-order valence-electron chi connectivity index (χ4n) is 4.57. The molecule has 3 aliphatic heterocycles. The highest BCUT2D eigenvalue weighted by Crippen LogP contribution is 2.45. The van der Waals surface area contributed by atoms with Crippen LogP contribution in [0.25, 0.3) is 0 Å². The van der Waals surface area contributed by atoms with Gasteiger partial charge in [-0.05, 0) is 62.2 Å². The van der Waals surface area contributed by atoms with Crippen LogP contribution in [0.5, 0.6) is 11.5 Å². The average Bonchev–Trinajstić information content (AvgIpc) is 2.73. The lowest BCUT2D eigenvalue weighted by atomic mass is 9.85. The predicted octanol–water partition coefficient (Wildman–Crippen LogP) is 3.80. The van der Waals surface area contributed by atoms with Gasteiger partial charge in [0.15, 0.2) is 0 Å². The van der Waals surface area contributed by atoms with Gasteiger partial charge in [0.25, 0.3) is 0 Å². The number of amides is 1. The normalized spacial score (nSPS) is 23.4. The number of nitrogens with zero attached hydrogens (tertiary/aromatic N) is 1. The molecule has 0 bridgehead atoms. The highest BCUT2D eigenvalue weighted by Gasteiger charge is 2.37. The van der Waals surface area contributed by atoms with Crippen LogP contribution in [0.15, 0.2) is 42.5 Å². The van der Waals surface area contributed by atoms with Gasteiger partial charge < -0.3 is 14.8 Å². The van der Waals surface area contributed by atoms with Gasteiger partial charge in [0.1, 0.15) is 17.6 Å². The Morgan fingerprint density at radius 1 is 1.07 bits per heavy atom. The number of para-hydroxylation sites is 1. The second-order valence-electron chi connectivity index (χ2n) is 8.06. The summed E-state index contributed by atoms with van der Waals surface area (Å²) in [5.41, 5.74) is 3.08. The Morgan fingerprint density at radius 3 is 2.82 bits per heavy atom. The monoisotopic (exact) mass is 378 g/mol. The van der Waals surface area contributed by atoms with Crippen LogP contribution < -0.4 is 14.8 Å². The highest BCUT2D eigenvalue weighted by atomic mass is 16.5.